The summed E-state index contributed by atoms with van der Waals surface area (Å²) in [5, 5.41) is 2.78. The Morgan fingerprint density at radius 3 is 2.75 bits per heavy atom. The number of carbonyl (C=O) groups is 1. The second-order valence-corrected chi connectivity index (χ2v) is 5.66. The fraction of sp³-hybridized carbons (Fsp3) is 0.222. The number of para-hydroxylation sites is 2. The number of carbonyl (C=O) groups excluding carboxylic acids is 1. The minimum Gasteiger partial charge on any atom is -0.350 e. The van der Waals surface area contributed by atoms with Gasteiger partial charge in [-0.25, -0.2) is 13.8 Å². The number of hydrogen-bond donors (Lipinski definition) is 2. The van der Waals surface area contributed by atoms with Crippen molar-refractivity contribution in [3.63, 3.8) is 0 Å². The number of nitrogens with one attached hydrogen (secondary N) is 2. The molecule has 0 aliphatic carbocycles. The molecule has 6 heteroatoms. The molecule has 1 heterocycles. The predicted octanol–water partition coefficient (Wildman–Crippen LogP) is 3.65. The summed E-state index contributed by atoms with van der Waals surface area (Å²) in [7, 11) is 0. The Balaban J connectivity index is 1.57. The van der Waals surface area contributed by atoms with Crippen LogP contribution >= 0.6 is 0 Å². The summed E-state index contributed by atoms with van der Waals surface area (Å²) in [5.41, 5.74) is 2.32. The fourth-order valence-corrected chi connectivity index (χ4v) is 2.53. The number of halogens is 2. The van der Waals surface area contributed by atoms with Gasteiger partial charge in [0.05, 0.1) is 17.1 Å². The van der Waals surface area contributed by atoms with Gasteiger partial charge in [0.15, 0.2) is 11.6 Å². The maximum absolute atomic E-state index is 13.2. The van der Waals surface area contributed by atoms with Gasteiger partial charge in [0, 0.05) is 12.8 Å². The molecule has 0 fully saturated rings. The van der Waals surface area contributed by atoms with E-state index in [2.05, 4.69) is 15.3 Å². The summed E-state index contributed by atoms with van der Waals surface area (Å²) in [6, 6.07) is 10.9. The molecule has 1 atom stereocenters. The Morgan fingerprint density at radius 2 is 2.00 bits per heavy atom. The molecule has 1 aromatic heterocycles. The van der Waals surface area contributed by atoms with E-state index in [9.17, 15) is 13.6 Å². The van der Waals surface area contributed by atoms with Crippen molar-refractivity contribution in [1.29, 1.82) is 0 Å². The Labute approximate surface area is 137 Å². The van der Waals surface area contributed by atoms with Crippen LogP contribution in [0.15, 0.2) is 42.5 Å². The van der Waals surface area contributed by atoms with E-state index < -0.39 is 17.7 Å². The number of nitrogens with zero attached hydrogens (tertiary/aromatic N) is 1. The first-order valence-electron chi connectivity index (χ1n) is 7.71. The van der Waals surface area contributed by atoms with Crippen molar-refractivity contribution in [2.75, 3.05) is 0 Å². The van der Waals surface area contributed by atoms with Crippen molar-refractivity contribution >= 4 is 16.9 Å². The molecule has 1 amide bonds. The topological polar surface area (TPSA) is 57.8 Å². The molecule has 24 heavy (non-hydrogen) atoms. The van der Waals surface area contributed by atoms with Crippen LogP contribution in [0.25, 0.3) is 11.0 Å². The normalized spacial score (nSPS) is 12.3. The monoisotopic (exact) mass is 329 g/mol. The summed E-state index contributed by atoms with van der Waals surface area (Å²) >= 11 is 0. The number of aromatic nitrogens is 2. The Kier molecular flexibility index (Phi) is 4.55. The van der Waals surface area contributed by atoms with Crippen LogP contribution < -0.4 is 5.32 Å². The van der Waals surface area contributed by atoms with Crippen molar-refractivity contribution in [3.05, 3.63) is 65.5 Å². The van der Waals surface area contributed by atoms with Gasteiger partial charge in [-0.05, 0) is 36.8 Å². The van der Waals surface area contributed by atoms with Crippen LogP contribution in [0.5, 0.6) is 0 Å². The van der Waals surface area contributed by atoms with Crippen molar-refractivity contribution in [3.8, 4) is 0 Å². The van der Waals surface area contributed by atoms with Crippen LogP contribution in [-0.2, 0) is 11.2 Å². The number of benzene rings is 2. The second kappa shape index (κ2) is 6.78. The van der Waals surface area contributed by atoms with Crippen LogP contribution in [0, 0.1) is 11.6 Å². The standard InChI is InChI=1S/C18H17F2N3O/c1-11(12-6-7-13(19)14(20)10-12)21-18(24)9-8-17-22-15-4-2-3-5-16(15)23-17/h2-7,10-11H,8-9H2,1H3,(H,21,24)(H,22,23). The van der Waals surface area contributed by atoms with E-state index in [1.807, 2.05) is 24.3 Å². The molecule has 0 saturated carbocycles. The highest BCUT2D eigenvalue weighted by Crippen LogP contribution is 2.16. The summed E-state index contributed by atoms with van der Waals surface area (Å²) in [6.07, 6.45) is 0.735. The molecule has 2 aromatic carbocycles. The van der Waals surface area contributed by atoms with Gasteiger partial charge in [-0.15, -0.1) is 0 Å². The Hall–Kier alpha value is -2.76. The van der Waals surface area contributed by atoms with Gasteiger partial charge in [0.1, 0.15) is 5.82 Å². The number of imidazole rings is 1. The van der Waals surface area contributed by atoms with Gasteiger partial charge in [0.2, 0.25) is 5.91 Å². The number of rotatable bonds is 5. The minimum atomic E-state index is -0.920. The third kappa shape index (κ3) is 3.59. The second-order valence-electron chi connectivity index (χ2n) is 5.66. The quantitative estimate of drug-likeness (QED) is 0.751. The maximum Gasteiger partial charge on any atom is 0.220 e. The fourth-order valence-electron chi connectivity index (χ4n) is 2.53. The molecule has 0 aliphatic rings. The summed E-state index contributed by atoms with van der Waals surface area (Å²) in [6.45, 7) is 1.73. The number of H-pyrrole nitrogens is 1. The number of amides is 1. The van der Waals surface area contributed by atoms with E-state index in [0.717, 1.165) is 29.0 Å². The average Bonchev–Trinajstić information content (AvgIpc) is 2.98. The summed E-state index contributed by atoms with van der Waals surface area (Å²) < 4.78 is 26.2. The zero-order valence-electron chi connectivity index (χ0n) is 13.1. The molecule has 3 aromatic rings. The highest BCUT2D eigenvalue weighted by atomic mass is 19.2. The van der Waals surface area contributed by atoms with Crippen LogP contribution in [0.3, 0.4) is 0 Å². The van der Waals surface area contributed by atoms with E-state index in [0.29, 0.717) is 12.0 Å². The molecule has 4 nitrogen and oxygen atoms in total. The zero-order valence-corrected chi connectivity index (χ0v) is 13.1. The minimum absolute atomic E-state index is 0.173. The Bertz CT molecular complexity index is 843. The molecule has 0 spiro atoms. The predicted molar refractivity (Wildman–Crippen MR) is 87.3 cm³/mol. The lowest BCUT2D eigenvalue weighted by molar-refractivity contribution is -0.121. The lowest BCUT2D eigenvalue weighted by Gasteiger charge is -2.14. The highest BCUT2D eigenvalue weighted by molar-refractivity contribution is 5.77. The van der Waals surface area contributed by atoms with Crippen LogP contribution in [-0.4, -0.2) is 15.9 Å². The highest BCUT2D eigenvalue weighted by Gasteiger charge is 2.13. The molecule has 0 bridgehead atoms. The van der Waals surface area contributed by atoms with E-state index in [1.165, 1.54) is 6.07 Å². The van der Waals surface area contributed by atoms with E-state index in [-0.39, 0.29) is 12.3 Å². The molecule has 0 radical (unpaired) electrons. The van der Waals surface area contributed by atoms with Gasteiger partial charge < -0.3 is 10.3 Å². The molecule has 1 unspecified atom stereocenters. The molecule has 124 valence electrons. The number of aromatic amines is 1. The molecule has 0 saturated heterocycles. The number of fused-ring (bicyclic) bond motifs is 1. The first-order valence-corrected chi connectivity index (χ1v) is 7.71. The van der Waals surface area contributed by atoms with E-state index >= 15 is 0 Å². The van der Waals surface area contributed by atoms with E-state index in [4.69, 9.17) is 0 Å². The molecule has 3 rings (SSSR count). The number of aryl methyl sites for hydroxylation is 1. The van der Waals surface area contributed by atoms with Crippen molar-refractivity contribution in [2.24, 2.45) is 0 Å². The largest absolute Gasteiger partial charge is 0.350 e. The van der Waals surface area contributed by atoms with Crippen LogP contribution in [0.1, 0.15) is 30.8 Å². The Morgan fingerprint density at radius 1 is 1.21 bits per heavy atom. The van der Waals surface area contributed by atoms with Gasteiger partial charge in [0.25, 0.3) is 0 Å². The zero-order chi connectivity index (χ0) is 17.1. The van der Waals surface area contributed by atoms with Crippen molar-refractivity contribution in [2.45, 2.75) is 25.8 Å². The molecular weight excluding hydrogens is 312 g/mol. The van der Waals surface area contributed by atoms with Gasteiger partial charge in [-0.1, -0.05) is 18.2 Å². The first kappa shape index (κ1) is 16.1. The van der Waals surface area contributed by atoms with Gasteiger partial charge >= 0.3 is 0 Å². The van der Waals surface area contributed by atoms with E-state index in [1.54, 1.807) is 6.92 Å². The average molecular weight is 329 g/mol. The maximum atomic E-state index is 13.2. The SMILES string of the molecule is CC(NC(=O)CCc1nc2ccccc2[nH]1)c1ccc(F)c(F)c1. The first-order chi connectivity index (χ1) is 11.5. The van der Waals surface area contributed by atoms with Crippen molar-refractivity contribution in [1.82, 2.24) is 15.3 Å². The van der Waals surface area contributed by atoms with Crippen molar-refractivity contribution < 1.29 is 13.6 Å². The van der Waals surface area contributed by atoms with Gasteiger partial charge in [-0.3, -0.25) is 4.79 Å². The molecular formula is C18H17F2N3O. The van der Waals surface area contributed by atoms with Crippen LogP contribution in [0.2, 0.25) is 0 Å². The lowest BCUT2D eigenvalue weighted by Crippen LogP contribution is -2.27. The summed E-state index contributed by atoms with van der Waals surface area (Å²) in [4.78, 5) is 19.6. The molecule has 0 aliphatic heterocycles. The number of hydrogen-bond acceptors (Lipinski definition) is 2. The molecule has 2 N–H and O–H groups in total. The smallest absolute Gasteiger partial charge is 0.220 e. The third-order valence-corrected chi connectivity index (χ3v) is 3.85. The third-order valence-electron chi connectivity index (χ3n) is 3.85. The summed E-state index contributed by atoms with van der Waals surface area (Å²) in [5.74, 6) is -1.25. The van der Waals surface area contributed by atoms with Gasteiger partial charge in [-0.2, -0.15) is 0 Å². The van der Waals surface area contributed by atoms with Crippen LogP contribution in [0.4, 0.5) is 8.78 Å². The lowest BCUT2D eigenvalue weighted by atomic mass is 10.1.